The Kier molecular flexibility index (Phi) is 6.49. The summed E-state index contributed by atoms with van der Waals surface area (Å²) < 4.78 is 2.00. The molecule has 0 spiro atoms. The van der Waals surface area contributed by atoms with Crippen LogP contribution in [0.5, 0.6) is 0 Å². The molecule has 116 valence electrons. The van der Waals surface area contributed by atoms with Gasteiger partial charge in [-0.15, -0.1) is 0 Å². The first-order valence-corrected chi connectivity index (χ1v) is 7.42. The Morgan fingerprint density at radius 1 is 1.20 bits per heavy atom. The summed E-state index contributed by atoms with van der Waals surface area (Å²) in [7, 11) is 8.38. The van der Waals surface area contributed by atoms with E-state index in [0.717, 1.165) is 31.9 Å². The number of rotatable bonds is 8. The van der Waals surface area contributed by atoms with Crippen LogP contribution in [-0.4, -0.2) is 55.5 Å². The highest BCUT2D eigenvalue weighted by Crippen LogP contribution is 2.22. The van der Waals surface area contributed by atoms with Crippen molar-refractivity contribution in [1.29, 1.82) is 0 Å². The molecular weight excluding hydrogens is 250 g/mol. The third-order valence-electron chi connectivity index (χ3n) is 3.41. The summed E-state index contributed by atoms with van der Waals surface area (Å²) in [5.41, 5.74) is 2.44. The van der Waals surface area contributed by atoms with E-state index in [1.165, 1.54) is 11.4 Å². The van der Waals surface area contributed by atoms with Crippen molar-refractivity contribution in [2.75, 3.05) is 45.7 Å². The van der Waals surface area contributed by atoms with Crippen molar-refractivity contribution in [3.63, 3.8) is 0 Å². The van der Waals surface area contributed by atoms with Crippen LogP contribution in [0.15, 0.2) is 0 Å². The molecular formula is C15H31N5. The smallest absolute Gasteiger partial charge is 0.131 e. The zero-order valence-electron chi connectivity index (χ0n) is 14.2. The van der Waals surface area contributed by atoms with Crippen molar-refractivity contribution in [2.45, 2.75) is 27.3 Å². The Labute approximate surface area is 123 Å². The lowest BCUT2D eigenvalue weighted by atomic mass is 10.2. The highest BCUT2D eigenvalue weighted by atomic mass is 15.4. The second-order valence-electron chi connectivity index (χ2n) is 6.26. The first-order chi connectivity index (χ1) is 9.32. The van der Waals surface area contributed by atoms with Crippen LogP contribution >= 0.6 is 0 Å². The van der Waals surface area contributed by atoms with Crippen molar-refractivity contribution < 1.29 is 0 Å². The highest BCUT2D eigenvalue weighted by Gasteiger charge is 2.16. The fourth-order valence-corrected chi connectivity index (χ4v) is 2.32. The van der Waals surface area contributed by atoms with Crippen LogP contribution in [0.2, 0.25) is 0 Å². The molecule has 1 rings (SSSR count). The third kappa shape index (κ3) is 4.80. The van der Waals surface area contributed by atoms with Gasteiger partial charge in [0.1, 0.15) is 5.82 Å². The van der Waals surface area contributed by atoms with Gasteiger partial charge in [0.15, 0.2) is 0 Å². The van der Waals surface area contributed by atoms with Crippen LogP contribution in [0.3, 0.4) is 0 Å². The first kappa shape index (κ1) is 17.0. The summed E-state index contributed by atoms with van der Waals surface area (Å²) in [6.07, 6.45) is 0. The van der Waals surface area contributed by atoms with E-state index in [9.17, 15) is 0 Å². The summed E-state index contributed by atoms with van der Waals surface area (Å²) in [6, 6.07) is 0. The molecule has 0 unspecified atom stereocenters. The van der Waals surface area contributed by atoms with E-state index < -0.39 is 0 Å². The second-order valence-corrected chi connectivity index (χ2v) is 6.26. The number of anilines is 1. The minimum absolute atomic E-state index is 0.668. The van der Waals surface area contributed by atoms with Crippen LogP contribution in [0.4, 0.5) is 5.82 Å². The zero-order valence-corrected chi connectivity index (χ0v) is 14.2. The maximum Gasteiger partial charge on any atom is 0.131 e. The predicted molar refractivity (Wildman–Crippen MR) is 86.3 cm³/mol. The van der Waals surface area contributed by atoms with Gasteiger partial charge in [-0.1, -0.05) is 13.8 Å². The number of hydrogen-bond donors (Lipinski definition) is 1. The monoisotopic (exact) mass is 281 g/mol. The van der Waals surface area contributed by atoms with Gasteiger partial charge in [-0.2, -0.15) is 5.10 Å². The molecule has 0 aromatic carbocycles. The van der Waals surface area contributed by atoms with Crippen molar-refractivity contribution >= 4 is 5.82 Å². The zero-order chi connectivity index (χ0) is 15.3. The van der Waals surface area contributed by atoms with Crippen molar-refractivity contribution in [3.05, 3.63) is 11.3 Å². The predicted octanol–water partition coefficient (Wildman–Crippen LogP) is 1.47. The van der Waals surface area contributed by atoms with E-state index in [0.29, 0.717) is 5.92 Å². The molecule has 0 aliphatic heterocycles. The van der Waals surface area contributed by atoms with Gasteiger partial charge in [0.25, 0.3) is 0 Å². The van der Waals surface area contributed by atoms with E-state index in [4.69, 9.17) is 0 Å². The molecule has 0 saturated carbocycles. The number of aromatic nitrogens is 2. The van der Waals surface area contributed by atoms with Crippen LogP contribution in [0, 0.1) is 12.8 Å². The summed E-state index contributed by atoms with van der Waals surface area (Å²) in [5.74, 6) is 1.89. The Hall–Kier alpha value is -1.07. The Bertz CT molecular complexity index is 409. The molecule has 0 fully saturated rings. The fraction of sp³-hybridized carbons (Fsp3) is 0.800. The lowest BCUT2D eigenvalue weighted by Crippen LogP contribution is -2.31. The van der Waals surface area contributed by atoms with Crippen molar-refractivity contribution in [1.82, 2.24) is 20.0 Å². The van der Waals surface area contributed by atoms with Gasteiger partial charge in [0.05, 0.1) is 5.69 Å². The quantitative estimate of drug-likeness (QED) is 0.783. The van der Waals surface area contributed by atoms with Crippen molar-refractivity contribution in [2.24, 2.45) is 13.0 Å². The molecule has 0 aliphatic carbocycles. The van der Waals surface area contributed by atoms with Gasteiger partial charge in [0, 0.05) is 39.3 Å². The standard InChI is InChI=1S/C15H31N5/c1-12(2)10-16-11-14-13(3)17-20(7)15(14)19(6)9-8-18(4)5/h12,16H,8-11H2,1-7H3. The van der Waals surface area contributed by atoms with Gasteiger partial charge in [0.2, 0.25) is 0 Å². The molecule has 0 aliphatic rings. The second kappa shape index (κ2) is 7.64. The van der Waals surface area contributed by atoms with Gasteiger partial charge in [-0.05, 0) is 33.5 Å². The summed E-state index contributed by atoms with van der Waals surface area (Å²) in [5, 5.41) is 8.10. The Balaban J connectivity index is 2.78. The molecule has 1 heterocycles. The average Bonchev–Trinajstić information content (AvgIpc) is 2.61. The average molecular weight is 281 g/mol. The molecule has 1 aromatic rings. The van der Waals surface area contributed by atoms with Gasteiger partial charge in [-0.25, -0.2) is 0 Å². The van der Waals surface area contributed by atoms with Gasteiger partial charge in [-0.3, -0.25) is 4.68 Å². The number of aryl methyl sites for hydroxylation is 2. The minimum Gasteiger partial charge on any atom is -0.358 e. The Morgan fingerprint density at radius 2 is 1.85 bits per heavy atom. The number of nitrogens with one attached hydrogen (secondary N) is 1. The van der Waals surface area contributed by atoms with Gasteiger partial charge >= 0.3 is 0 Å². The van der Waals surface area contributed by atoms with Crippen LogP contribution < -0.4 is 10.2 Å². The Morgan fingerprint density at radius 3 is 2.40 bits per heavy atom. The van der Waals surface area contributed by atoms with E-state index in [1.54, 1.807) is 0 Å². The number of hydrogen-bond acceptors (Lipinski definition) is 4. The molecule has 0 bridgehead atoms. The third-order valence-corrected chi connectivity index (χ3v) is 3.41. The minimum atomic E-state index is 0.668. The highest BCUT2D eigenvalue weighted by molar-refractivity contribution is 5.49. The molecule has 5 heteroatoms. The topological polar surface area (TPSA) is 36.3 Å². The molecule has 1 aromatic heterocycles. The van der Waals surface area contributed by atoms with E-state index in [-0.39, 0.29) is 0 Å². The van der Waals surface area contributed by atoms with E-state index in [2.05, 4.69) is 62.1 Å². The molecule has 0 radical (unpaired) electrons. The maximum absolute atomic E-state index is 4.58. The molecule has 20 heavy (non-hydrogen) atoms. The summed E-state index contributed by atoms with van der Waals surface area (Å²) in [4.78, 5) is 4.50. The molecule has 0 atom stereocenters. The van der Waals surface area contributed by atoms with Crippen molar-refractivity contribution in [3.8, 4) is 0 Å². The lowest BCUT2D eigenvalue weighted by molar-refractivity contribution is 0.415. The van der Waals surface area contributed by atoms with E-state index >= 15 is 0 Å². The summed E-state index contributed by atoms with van der Waals surface area (Å²) in [6.45, 7) is 10.5. The number of nitrogens with zero attached hydrogens (tertiary/aromatic N) is 4. The largest absolute Gasteiger partial charge is 0.358 e. The van der Waals surface area contributed by atoms with Crippen LogP contribution in [0.1, 0.15) is 25.1 Å². The van der Waals surface area contributed by atoms with Crippen LogP contribution in [0.25, 0.3) is 0 Å². The summed E-state index contributed by atoms with van der Waals surface area (Å²) >= 11 is 0. The first-order valence-electron chi connectivity index (χ1n) is 7.42. The molecule has 1 N–H and O–H groups in total. The van der Waals surface area contributed by atoms with Gasteiger partial charge < -0.3 is 15.1 Å². The fourth-order valence-electron chi connectivity index (χ4n) is 2.32. The molecule has 0 amide bonds. The van der Waals surface area contributed by atoms with Crippen LogP contribution in [-0.2, 0) is 13.6 Å². The molecule has 0 saturated heterocycles. The lowest BCUT2D eigenvalue weighted by Gasteiger charge is -2.23. The van der Waals surface area contributed by atoms with E-state index in [1.807, 2.05) is 11.7 Å². The maximum atomic E-state index is 4.58. The molecule has 5 nitrogen and oxygen atoms in total. The SMILES string of the molecule is Cc1nn(C)c(N(C)CCN(C)C)c1CNCC(C)C. The number of likely N-dealkylation sites (N-methyl/N-ethyl adjacent to an activating group) is 2. The normalized spacial score (nSPS) is 11.7.